The van der Waals surface area contributed by atoms with Gasteiger partial charge in [0.25, 0.3) is 0 Å². The summed E-state index contributed by atoms with van der Waals surface area (Å²) >= 11 is 0. The van der Waals surface area contributed by atoms with Gasteiger partial charge in [-0.1, -0.05) is 12.1 Å². The van der Waals surface area contributed by atoms with E-state index in [4.69, 9.17) is 5.73 Å². The SMILES string of the molecule is CN(C)/C(N)=N/c1nc2ccccc2[nH]1. The summed E-state index contributed by atoms with van der Waals surface area (Å²) < 4.78 is 0. The Labute approximate surface area is 87.6 Å². The third-order valence-corrected chi connectivity index (χ3v) is 2.06. The zero-order chi connectivity index (χ0) is 10.8. The van der Waals surface area contributed by atoms with Crippen LogP contribution in [0, 0.1) is 0 Å². The number of H-pyrrole nitrogens is 1. The molecule has 0 fully saturated rings. The monoisotopic (exact) mass is 203 g/mol. The number of nitrogens with two attached hydrogens (primary N) is 1. The molecule has 0 radical (unpaired) electrons. The molecule has 78 valence electrons. The highest BCUT2D eigenvalue weighted by Crippen LogP contribution is 2.15. The first-order valence-electron chi connectivity index (χ1n) is 4.63. The van der Waals surface area contributed by atoms with Gasteiger partial charge in [-0.3, -0.25) is 0 Å². The van der Waals surface area contributed by atoms with E-state index in [2.05, 4.69) is 15.0 Å². The van der Waals surface area contributed by atoms with Gasteiger partial charge in [-0.05, 0) is 12.1 Å². The molecular weight excluding hydrogens is 190 g/mol. The van der Waals surface area contributed by atoms with Gasteiger partial charge >= 0.3 is 0 Å². The van der Waals surface area contributed by atoms with Crippen LogP contribution in [0.25, 0.3) is 11.0 Å². The van der Waals surface area contributed by atoms with E-state index in [1.807, 2.05) is 38.4 Å². The lowest BCUT2D eigenvalue weighted by molar-refractivity contribution is 0.614. The summed E-state index contributed by atoms with van der Waals surface area (Å²) in [5.74, 6) is 0.955. The molecule has 1 aromatic heterocycles. The fourth-order valence-electron chi connectivity index (χ4n) is 1.20. The maximum Gasteiger partial charge on any atom is 0.231 e. The van der Waals surface area contributed by atoms with Crippen molar-refractivity contribution < 1.29 is 0 Å². The van der Waals surface area contributed by atoms with Crippen molar-refractivity contribution in [2.45, 2.75) is 0 Å². The normalized spacial score (nSPS) is 12.0. The Hall–Kier alpha value is -2.04. The number of fused-ring (bicyclic) bond motifs is 1. The van der Waals surface area contributed by atoms with E-state index in [1.165, 1.54) is 0 Å². The molecule has 2 aromatic rings. The minimum atomic E-state index is 0.425. The van der Waals surface area contributed by atoms with E-state index in [0.29, 0.717) is 11.9 Å². The number of benzene rings is 1. The van der Waals surface area contributed by atoms with Crippen molar-refractivity contribution in [1.82, 2.24) is 14.9 Å². The highest BCUT2D eigenvalue weighted by atomic mass is 15.2. The highest BCUT2D eigenvalue weighted by molar-refractivity contribution is 5.82. The number of aromatic nitrogens is 2. The molecule has 3 N–H and O–H groups in total. The van der Waals surface area contributed by atoms with Crippen molar-refractivity contribution >= 4 is 22.9 Å². The Morgan fingerprint density at radius 1 is 1.40 bits per heavy atom. The van der Waals surface area contributed by atoms with Gasteiger partial charge in [-0.15, -0.1) is 0 Å². The molecule has 0 unspecified atom stereocenters. The summed E-state index contributed by atoms with van der Waals surface area (Å²) in [6.45, 7) is 0. The topological polar surface area (TPSA) is 70.3 Å². The Balaban J connectivity index is 2.41. The summed E-state index contributed by atoms with van der Waals surface area (Å²) in [6.07, 6.45) is 0. The van der Waals surface area contributed by atoms with Crippen LogP contribution in [0.3, 0.4) is 0 Å². The molecule has 0 aliphatic rings. The second kappa shape index (κ2) is 3.61. The average Bonchev–Trinajstić information content (AvgIpc) is 2.59. The Bertz CT molecular complexity index is 464. The number of guanidine groups is 1. The van der Waals surface area contributed by atoms with E-state index >= 15 is 0 Å². The van der Waals surface area contributed by atoms with Gasteiger partial charge in [0.1, 0.15) is 0 Å². The third-order valence-electron chi connectivity index (χ3n) is 2.06. The lowest BCUT2D eigenvalue weighted by Crippen LogP contribution is -2.29. The van der Waals surface area contributed by atoms with Crippen LogP contribution in [0.1, 0.15) is 0 Å². The minimum Gasteiger partial charge on any atom is -0.369 e. The smallest absolute Gasteiger partial charge is 0.231 e. The minimum absolute atomic E-state index is 0.425. The molecule has 0 aliphatic carbocycles. The molecule has 15 heavy (non-hydrogen) atoms. The Morgan fingerprint density at radius 2 is 2.13 bits per heavy atom. The lowest BCUT2D eigenvalue weighted by Gasteiger charge is -2.08. The second-order valence-electron chi connectivity index (χ2n) is 3.44. The largest absolute Gasteiger partial charge is 0.369 e. The zero-order valence-corrected chi connectivity index (χ0v) is 8.73. The van der Waals surface area contributed by atoms with Crippen LogP contribution < -0.4 is 5.73 Å². The predicted octanol–water partition coefficient (Wildman–Crippen LogP) is 1.07. The van der Waals surface area contributed by atoms with Gasteiger partial charge in [0.15, 0.2) is 5.96 Å². The maximum atomic E-state index is 5.69. The zero-order valence-electron chi connectivity index (χ0n) is 8.73. The van der Waals surface area contributed by atoms with Crippen LogP contribution in [0.5, 0.6) is 0 Å². The van der Waals surface area contributed by atoms with Crippen LogP contribution >= 0.6 is 0 Å². The van der Waals surface area contributed by atoms with Gasteiger partial charge in [-0.25, -0.2) is 4.98 Å². The van der Waals surface area contributed by atoms with Crippen LogP contribution in [-0.4, -0.2) is 34.9 Å². The van der Waals surface area contributed by atoms with Crippen LogP contribution in [-0.2, 0) is 0 Å². The third kappa shape index (κ3) is 1.90. The predicted molar refractivity (Wildman–Crippen MR) is 61.1 cm³/mol. The van der Waals surface area contributed by atoms with Crippen molar-refractivity contribution in [3.05, 3.63) is 24.3 Å². The lowest BCUT2D eigenvalue weighted by atomic mass is 10.3. The first-order chi connectivity index (χ1) is 7.16. The fraction of sp³-hybridized carbons (Fsp3) is 0.200. The maximum absolute atomic E-state index is 5.69. The van der Waals surface area contributed by atoms with Gasteiger partial charge < -0.3 is 15.6 Å². The molecule has 1 aromatic carbocycles. The number of imidazole rings is 1. The molecule has 0 atom stereocenters. The van der Waals surface area contributed by atoms with Gasteiger partial charge in [0, 0.05) is 14.1 Å². The second-order valence-corrected chi connectivity index (χ2v) is 3.44. The number of aliphatic imine (C=N–C) groups is 1. The van der Waals surface area contributed by atoms with E-state index in [1.54, 1.807) is 4.90 Å². The Kier molecular flexibility index (Phi) is 2.29. The molecule has 5 nitrogen and oxygen atoms in total. The van der Waals surface area contributed by atoms with Crippen molar-refractivity contribution in [3.63, 3.8) is 0 Å². The molecule has 0 saturated carbocycles. The summed E-state index contributed by atoms with van der Waals surface area (Å²) in [5, 5.41) is 0. The van der Waals surface area contributed by atoms with Crippen molar-refractivity contribution in [1.29, 1.82) is 0 Å². The number of hydrogen-bond donors (Lipinski definition) is 2. The number of nitrogens with zero attached hydrogens (tertiary/aromatic N) is 3. The van der Waals surface area contributed by atoms with Crippen LogP contribution in [0.4, 0.5) is 5.95 Å². The molecule has 5 heteroatoms. The first kappa shape index (κ1) is 9.51. The van der Waals surface area contributed by atoms with Crippen molar-refractivity contribution in [2.24, 2.45) is 10.7 Å². The molecular formula is C10H13N5. The quantitative estimate of drug-likeness (QED) is 0.538. The van der Waals surface area contributed by atoms with Gasteiger partial charge in [0.05, 0.1) is 11.0 Å². The van der Waals surface area contributed by atoms with Crippen molar-refractivity contribution in [2.75, 3.05) is 14.1 Å². The average molecular weight is 203 g/mol. The number of rotatable bonds is 1. The highest BCUT2D eigenvalue weighted by Gasteiger charge is 2.01. The van der Waals surface area contributed by atoms with E-state index in [0.717, 1.165) is 11.0 Å². The van der Waals surface area contributed by atoms with Crippen LogP contribution in [0.2, 0.25) is 0 Å². The molecule has 0 aliphatic heterocycles. The molecule has 2 rings (SSSR count). The summed E-state index contributed by atoms with van der Waals surface area (Å²) in [4.78, 5) is 13.2. The van der Waals surface area contributed by atoms with Gasteiger partial charge in [0.2, 0.25) is 5.95 Å². The van der Waals surface area contributed by atoms with Crippen LogP contribution in [0.15, 0.2) is 29.3 Å². The molecule has 0 bridgehead atoms. The van der Waals surface area contributed by atoms with Crippen molar-refractivity contribution in [3.8, 4) is 0 Å². The van der Waals surface area contributed by atoms with E-state index in [-0.39, 0.29) is 0 Å². The molecule has 0 saturated heterocycles. The summed E-state index contributed by atoms with van der Waals surface area (Å²) in [5.41, 5.74) is 7.54. The molecule has 1 heterocycles. The number of nitrogens with one attached hydrogen (secondary N) is 1. The fourth-order valence-corrected chi connectivity index (χ4v) is 1.20. The summed E-state index contributed by atoms with van der Waals surface area (Å²) in [7, 11) is 3.67. The number of aromatic amines is 1. The summed E-state index contributed by atoms with van der Waals surface area (Å²) in [6, 6.07) is 7.76. The van der Waals surface area contributed by atoms with E-state index in [9.17, 15) is 0 Å². The number of para-hydroxylation sites is 2. The first-order valence-corrected chi connectivity index (χ1v) is 4.63. The standard InChI is InChI=1S/C10H13N5/c1-15(2)9(11)14-10-12-7-5-3-4-6-8(7)13-10/h3-6H,1-2H3,(H3,11,12,13,14). The number of hydrogen-bond acceptors (Lipinski definition) is 2. The molecule has 0 amide bonds. The molecule has 0 spiro atoms. The Morgan fingerprint density at radius 3 is 2.80 bits per heavy atom. The van der Waals surface area contributed by atoms with Gasteiger partial charge in [-0.2, -0.15) is 4.99 Å². The van der Waals surface area contributed by atoms with E-state index < -0.39 is 0 Å².